The molecule has 0 unspecified atom stereocenters. The van der Waals surface area contributed by atoms with E-state index in [-0.39, 0.29) is 23.0 Å². The fourth-order valence-electron chi connectivity index (χ4n) is 3.14. The minimum atomic E-state index is -0.330. The van der Waals surface area contributed by atoms with Crippen LogP contribution in [0.5, 0.6) is 5.75 Å². The van der Waals surface area contributed by atoms with Gasteiger partial charge in [0.25, 0.3) is 11.5 Å². The van der Waals surface area contributed by atoms with E-state index < -0.39 is 0 Å². The van der Waals surface area contributed by atoms with E-state index in [0.717, 1.165) is 16.8 Å². The van der Waals surface area contributed by atoms with Crippen LogP contribution in [0.15, 0.2) is 87.8 Å². The fourth-order valence-corrected chi connectivity index (χ4v) is 3.94. The number of amides is 1. The number of phenolic OH excluding ortho intramolecular Hbond substituents is 1. The van der Waals surface area contributed by atoms with Crippen molar-refractivity contribution in [1.29, 1.82) is 0 Å². The quantitative estimate of drug-likeness (QED) is 0.205. The number of fused-ring (bicyclic) bond motifs is 1. The van der Waals surface area contributed by atoms with Gasteiger partial charge in [0, 0.05) is 0 Å². The van der Waals surface area contributed by atoms with Crippen LogP contribution in [0.4, 0.5) is 0 Å². The number of benzene rings is 3. The normalized spacial score (nSPS) is 11.2. The highest BCUT2D eigenvalue weighted by molar-refractivity contribution is 7.99. The standard InChI is InChI=1S/C24H20N4O3S/c1-16-6-2-5-9-21(16)28-23(31)19-7-3-4-8-20(19)26-24(28)32-15-22(30)27-25-14-17-10-12-18(29)13-11-17/h2-14,29H,15H2,1H3,(H,27,30). The molecule has 1 aromatic heterocycles. The average Bonchev–Trinajstić information content (AvgIpc) is 2.80. The Kier molecular flexibility index (Phi) is 6.32. The van der Waals surface area contributed by atoms with Crippen LogP contribution < -0.4 is 11.0 Å². The first-order valence-electron chi connectivity index (χ1n) is 9.84. The van der Waals surface area contributed by atoms with E-state index in [1.165, 1.54) is 30.1 Å². The summed E-state index contributed by atoms with van der Waals surface area (Å²) in [5, 5.41) is 14.2. The summed E-state index contributed by atoms with van der Waals surface area (Å²) in [6, 6.07) is 21.2. The van der Waals surface area contributed by atoms with E-state index in [9.17, 15) is 14.7 Å². The Morgan fingerprint density at radius 1 is 1.09 bits per heavy atom. The number of hydrogen-bond acceptors (Lipinski definition) is 6. The monoisotopic (exact) mass is 444 g/mol. The van der Waals surface area contributed by atoms with Gasteiger partial charge >= 0.3 is 0 Å². The summed E-state index contributed by atoms with van der Waals surface area (Å²) in [6.45, 7) is 1.93. The topological polar surface area (TPSA) is 96.6 Å². The van der Waals surface area contributed by atoms with Gasteiger partial charge in [0.1, 0.15) is 5.75 Å². The molecular formula is C24H20N4O3S. The van der Waals surface area contributed by atoms with E-state index in [0.29, 0.717) is 16.1 Å². The van der Waals surface area contributed by atoms with Crippen molar-refractivity contribution < 1.29 is 9.90 Å². The van der Waals surface area contributed by atoms with Crippen LogP contribution in [0, 0.1) is 6.92 Å². The van der Waals surface area contributed by atoms with E-state index in [4.69, 9.17) is 0 Å². The van der Waals surface area contributed by atoms with Crippen molar-refractivity contribution in [3.05, 3.63) is 94.3 Å². The molecule has 0 spiro atoms. The van der Waals surface area contributed by atoms with Crippen LogP contribution in [-0.4, -0.2) is 32.5 Å². The van der Waals surface area contributed by atoms with Gasteiger partial charge in [-0.25, -0.2) is 10.4 Å². The molecule has 0 fully saturated rings. The lowest BCUT2D eigenvalue weighted by molar-refractivity contribution is -0.118. The van der Waals surface area contributed by atoms with Crippen molar-refractivity contribution in [3.8, 4) is 11.4 Å². The first-order valence-corrected chi connectivity index (χ1v) is 10.8. The first-order chi connectivity index (χ1) is 15.5. The summed E-state index contributed by atoms with van der Waals surface area (Å²) in [6.07, 6.45) is 1.49. The summed E-state index contributed by atoms with van der Waals surface area (Å²) < 4.78 is 1.55. The molecule has 32 heavy (non-hydrogen) atoms. The molecule has 4 aromatic rings. The molecule has 0 bridgehead atoms. The lowest BCUT2D eigenvalue weighted by atomic mass is 10.2. The largest absolute Gasteiger partial charge is 0.508 e. The number of phenols is 1. The minimum absolute atomic E-state index is 0.0313. The van der Waals surface area contributed by atoms with Gasteiger partial charge in [0.15, 0.2) is 5.16 Å². The van der Waals surface area contributed by atoms with E-state index in [1.54, 1.807) is 34.9 Å². The van der Waals surface area contributed by atoms with Crippen LogP contribution in [0.25, 0.3) is 16.6 Å². The molecule has 0 aliphatic rings. The first kappa shape index (κ1) is 21.3. The van der Waals surface area contributed by atoms with Gasteiger partial charge in [0.2, 0.25) is 0 Å². The second-order valence-corrected chi connectivity index (χ2v) is 7.95. The predicted molar refractivity (Wildman–Crippen MR) is 127 cm³/mol. The maximum Gasteiger partial charge on any atom is 0.266 e. The highest BCUT2D eigenvalue weighted by Gasteiger charge is 2.15. The summed E-state index contributed by atoms with van der Waals surface area (Å²) >= 11 is 1.17. The molecule has 4 rings (SSSR count). The maximum absolute atomic E-state index is 13.3. The van der Waals surface area contributed by atoms with Crippen LogP contribution >= 0.6 is 11.8 Å². The van der Waals surface area contributed by atoms with Crippen molar-refractivity contribution in [2.45, 2.75) is 12.1 Å². The molecule has 0 saturated heterocycles. The van der Waals surface area contributed by atoms with Gasteiger partial charge < -0.3 is 5.11 Å². The highest BCUT2D eigenvalue weighted by atomic mass is 32.2. The molecule has 0 aliphatic carbocycles. The molecule has 0 aliphatic heterocycles. The van der Waals surface area contributed by atoms with Crippen molar-refractivity contribution in [1.82, 2.24) is 15.0 Å². The summed E-state index contributed by atoms with van der Waals surface area (Å²) in [5.41, 5.74) is 5.26. The number of rotatable bonds is 6. The minimum Gasteiger partial charge on any atom is -0.508 e. The van der Waals surface area contributed by atoms with Crippen molar-refractivity contribution in [3.63, 3.8) is 0 Å². The Morgan fingerprint density at radius 3 is 2.59 bits per heavy atom. The molecule has 0 atom stereocenters. The third-order valence-electron chi connectivity index (χ3n) is 4.73. The summed E-state index contributed by atoms with van der Waals surface area (Å²) in [5.74, 6) is -0.141. The Balaban J connectivity index is 1.57. The lowest BCUT2D eigenvalue weighted by Gasteiger charge is -2.14. The molecule has 0 radical (unpaired) electrons. The van der Waals surface area contributed by atoms with Crippen LogP contribution in [0.3, 0.4) is 0 Å². The van der Waals surface area contributed by atoms with Crippen molar-refractivity contribution in [2.24, 2.45) is 5.10 Å². The van der Waals surface area contributed by atoms with Gasteiger partial charge in [0.05, 0.1) is 28.6 Å². The molecule has 0 saturated carbocycles. The number of nitrogens with one attached hydrogen (secondary N) is 1. The van der Waals surface area contributed by atoms with E-state index in [2.05, 4.69) is 15.5 Å². The Morgan fingerprint density at radius 2 is 1.81 bits per heavy atom. The molecule has 1 heterocycles. The summed E-state index contributed by atoms with van der Waals surface area (Å²) in [7, 11) is 0. The smallest absolute Gasteiger partial charge is 0.266 e. The van der Waals surface area contributed by atoms with E-state index in [1.807, 2.05) is 37.3 Å². The SMILES string of the molecule is Cc1ccccc1-n1c(SCC(=O)NN=Cc2ccc(O)cc2)nc2ccccc2c1=O. The van der Waals surface area contributed by atoms with Crippen LogP contribution in [0.2, 0.25) is 0 Å². The zero-order valence-corrected chi connectivity index (χ0v) is 18.0. The second kappa shape index (κ2) is 9.49. The maximum atomic E-state index is 13.3. The average molecular weight is 445 g/mol. The van der Waals surface area contributed by atoms with Crippen molar-refractivity contribution in [2.75, 3.05) is 5.75 Å². The molecule has 8 heteroatoms. The third-order valence-corrected chi connectivity index (χ3v) is 5.67. The van der Waals surface area contributed by atoms with Crippen LogP contribution in [-0.2, 0) is 4.79 Å². The molecule has 2 N–H and O–H groups in total. The number of para-hydroxylation sites is 2. The third kappa shape index (κ3) is 4.70. The molecule has 1 amide bonds. The molecule has 160 valence electrons. The number of thioether (sulfide) groups is 1. The molecule has 3 aromatic carbocycles. The van der Waals surface area contributed by atoms with Gasteiger partial charge in [-0.1, -0.05) is 42.1 Å². The molecular weight excluding hydrogens is 424 g/mol. The van der Waals surface area contributed by atoms with Gasteiger partial charge in [-0.15, -0.1) is 0 Å². The van der Waals surface area contributed by atoms with Gasteiger partial charge in [-0.2, -0.15) is 5.10 Å². The Hall–Kier alpha value is -3.91. The number of carbonyl (C=O) groups excluding carboxylic acids is 1. The number of hydrogen-bond donors (Lipinski definition) is 2. The van der Waals surface area contributed by atoms with Gasteiger partial charge in [-0.05, 0) is 60.5 Å². The summed E-state index contributed by atoms with van der Waals surface area (Å²) in [4.78, 5) is 30.2. The molecule has 7 nitrogen and oxygen atoms in total. The predicted octanol–water partition coefficient (Wildman–Crippen LogP) is 3.64. The zero-order valence-electron chi connectivity index (χ0n) is 17.2. The number of carbonyl (C=O) groups is 1. The number of aromatic hydroxyl groups is 1. The Bertz CT molecular complexity index is 1360. The van der Waals surface area contributed by atoms with Gasteiger partial charge in [-0.3, -0.25) is 14.2 Å². The number of aryl methyl sites for hydroxylation is 1. The fraction of sp³-hybridized carbons (Fsp3) is 0.0833. The zero-order chi connectivity index (χ0) is 22.5. The lowest BCUT2D eigenvalue weighted by Crippen LogP contribution is -2.24. The highest BCUT2D eigenvalue weighted by Crippen LogP contribution is 2.23. The Labute approximate surface area is 188 Å². The number of aromatic nitrogens is 2. The number of hydrazone groups is 1. The van der Waals surface area contributed by atoms with Crippen LogP contribution in [0.1, 0.15) is 11.1 Å². The van der Waals surface area contributed by atoms with Crippen molar-refractivity contribution >= 4 is 34.8 Å². The number of nitrogens with zero attached hydrogens (tertiary/aromatic N) is 3. The second-order valence-electron chi connectivity index (χ2n) is 7.01. The van der Waals surface area contributed by atoms with E-state index >= 15 is 0 Å².